The molecule has 0 amide bonds. The van der Waals surface area contributed by atoms with Crippen molar-refractivity contribution in [1.29, 1.82) is 0 Å². The largest absolute Gasteiger partial charge is 0.456 e. The summed E-state index contributed by atoms with van der Waals surface area (Å²) >= 11 is 0. The van der Waals surface area contributed by atoms with Crippen molar-refractivity contribution in [3.05, 3.63) is 516 Å². The van der Waals surface area contributed by atoms with Gasteiger partial charge in [-0.1, -0.05) is 315 Å². The number of aromatic nitrogens is 2. The van der Waals surface area contributed by atoms with Gasteiger partial charge in [0.1, 0.15) is 11.2 Å². The Kier molecular flexibility index (Phi) is 17.4. The van der Waals surface area contributed by atoms with Gasteiger partial charge in [0.25, 0.3) is 0 Å². The molecule has 0 radical (unpaired) electrons. The lowest BCUT2D eigenvalue weighted by molar-refractivity contribution is 0.643. The number of benzene rings is 19. The normalized spacial score (nSPS) is 13.3. The Labute approximate surface area is 732 Å². The van der Waals surface area contributed by atoms with Crippen LogP contribution < -0.4 is 14.7 Å². The minimum atomic E-state index is -0.672. The Morgan fingerprint density at radius 2 is 0.754 bits per heavy atom. The van der Waals surface area contributed by atoms with Crippen LogP contribution in [-0.4, -0.2) is 9.13 Å². The molecule has 596 valence electrons. The van der Waals surface area contributed by atoms with E-state index in [0.29, 0.717) is 0 Å². The Balaban J connectivity index is 0.000000143. The number of furan rings is 1. The van der Waals surface area contributed by atoms with Crippen LogP contribution >= 0.6 is 0 Å². The number of anilines is 9. The summed E-state index contributed by atoms with van der Waals surface area (Å²) in [7, 11) is 2.25. The Hall–Kier alpha value is -16.0. The predicted octanol–water partition coefficient (Wildman–Crippen LogP) is 31.3. The summed E-state index contributed by atoms with van der Waals surface area (Å²) in [5.74, 6) is 0. The highest BCUT2D eigenvalue weighted by Crippen LogP contribution is 2.62. The molecule has 0 N–H and O–H groups in total. The first-order valence-corrected chi connectivity index (χ1v) is 43.7. The predicted molar refractivity (Wildman–Crippen MR) is 525 cm³/mol. The molecule has 0 fully saturated rings. The molecule has 0 saturated carbocycles. The van der Waals surface area contributed by atoms with Crippen molar-refractivity contribution in [2.45, 2.75) is 31.1 Å². The van der Waals surface area contributed by atoms with Crippen LogP contribution in [0.2, 0.25) is 0 Å². The maximum Gasteiger partial charge on any atom is 0.140 e. The van der Waals surface area contributed by atoms with Gasteiger partial charge < -0.3 is 28.3 Å². The molecule has 3 aromatic heterocycles. The fourth-order valence-electron chi connectivity index (χ4n) is 21.5. The van der Waals surface area contributed by atoms with Gasteiger partial charge in [0.15, 0.2) is 0 Å². The second-order valence-electron chi connectivity index (χ2n) is 33.9. The van der Waals surface area contributed by atoms with E-state index in [9.17, 15) is 0 Å². The van der Waals surface area contributed by atoms with Crippen LogP contribution in [0.3, 0.4) is 0 Å². The van der Waals surface area contributed by atoms with Gasteiger partial charge in [-0.25, -0.2) is 0 Å². The molecule has 0 bridgehead atoms. The first kappa shape index (κ1) is 73.9. The second kappa shape index (κ2) is 29.7. The van der Waals surface area contributed by atoms with Gasteiger partial charge in [-0.2, -0.15) is 0 Å². The monoisotopic (exact) mass is 1610 g/mol. The zero-order valence-corrected chi connectivity index (χ0v) is 70.1. The van der Waals surface area contributed by atoms with E-state index in [2.05, 4.69) is 488 Å². The molecule has 0 spiro atoms. The van der Waals surface area contributed by atoms with Crippen LogP contribution in [0.15, 0.2) is 453 Å². The van der Waals surface area contributed by atoms with Gasteiger partial charge in [0.2, 0.25) is 0 Å². The quantitative estimate of drug-likeness (QED) is 0.122. The number of aryl methyl sites for hydroxylation is 3. The molecule has 3 aliphatic rings. The fourth-order valence-corrected chi connectivity index (χ4v) is 21.5. The van der Waals surface area contributed by atoms with Crippen molar-refractivity contribution in [3.8, 4) is 39.1 Å². The summed E-state index contributed by atoms with van der Waals surface area (Å²) in [6.07, 6.45) is 0.958. The molecule has 1 aliphatic carbocycles. The Bertz CT molecular complexity index is 7910. The molecule has 0 unspecified atom stereocenters. The van der Waals surface area contributed by atoms with E-state index in [-0.39, 0.29) is 0 Å². The molecule has 0 saturated heterocycles. The molecular weight excluding hydrogens is 1530 g/mol. The van der Waals surface area contributed by atoms with Crippen LogP contribution in [0, 0.1) is 13.8 Å². The number of rotatable bonds is 12. The van der Waals surface area contributed by atoms with E-state index >= 15 is 0 Å². The minimum Gasteiger partial charge on any atom is -0.456 e. The third kappa shape index (κ3) is 11.5. The van der Waals surface area contributed by atoms with Crippen molar-refractivity contribution in [2.75, 3.05) is 14.7 Å². The van der Waals surface area contributed by atoms with Crippen LogP contribution in [0.5, 0.6) is 0 Å². The highest BCUT2D eigenvalue weighted by molar-refractivity contribution is 6.14. The van der Waals surface area contributed by atoms with Crippen molar-refractivity contribution < 1.29 is 4.42 Å². The number of hydrogen-bond acceptors (Lipinski definition) is 4. The molecule has 2 aliphatic heterocycles. The zero-order valence-electron chi connectivity index (χ0n) is 70.1. The Morgan fingerprint density at radius 3 is 1.44 bits per heavy atom. The smallest absolute Gasteiger partial charge is 0.140 e. The van der Waals surface area contributed by atoms with Crippen molar-refractivity contribution >= 4 is 117 Å². The molecule has 25 rings (SSSR count). The summed E-state index contributed by atoms with van der Waals surface area (Å²) in [6.45, 7) is 4.45. The number of nitrogens with zero attached hydrogens (tertiary/aromatic N) is 5. The van der Waals surface area contributed by atoms with Gasteiger partial charge in [-0.05, 0) is 242 Å². The third-order valence-electron chi connectivity index (χ3n) is 27.0. The summed E-state index contributed by atoms with van der Waals surface area (Å²) in [4.78, 5) is 7.27. The summed E-state index contributed by atoms with van der Waals surface area (Å²) in [5, 5.41) is 7.35. The lowest BCUT2D eigenvalue weighted by Crippen LogP contribution is -2.37. The number of hydrogen-bond donors (Lipinski definition) is 0. The summed E-state index contributed by atoms with van der Waals surface area (Å²) in [6, 6.07) is 165. The van der Waals surface area contributed by atoms with E-state index in [0.717, 1.165) is 73.7 Å². The van der Waals surface area contributed by atoms with Gasteiger partial charge in [-0.15, -0.1) is 0 Å². The van der Waals surface area contributed by atoms with E-state index in [1.165, 1.54) is 155 Å². The minimum absolute atomic E-state index is 0.610. The van der Waals surface area contributed by atoms with Crippen LogP contribution in [0.1, 0.15) is 66.8 Å². The Morgan fingerprint density at radius 1 is 0.278 bits per heavy atom. The standard InChI is InChI=1S/C65H47N3.C55H38N2O/c1-41-22-32-57-62(36-41)68(49-28-24-43(25-29-49)44-26-34-61-54(38-44)52-20-12-13-21-60(52)67(61)48-17-8-5-9-18-48)63-37-42(2)23-33-58(63)65(57,46-15-6-4-7-16-46)47-27-35-59-55(40-47)53-31-30-51-50-19-11-10-14-45(50)39-56(51)64(53)66(59)3;1-4-17-39(18-5-1)40-31-33-43(34-32-40)56(42-21-8-3-9-22-42)44-35-37-45(38-36-44)57-51-28-13-11-25-48(51)55(41-19-6-2-7-20-41,49-26-12-14-29-52(49)57)50-27-16-24-47-46-23-10-15-30-53(46)58-54(47)50/h4-38,40H,39H2,1-3H3;1-38H. The molecule has 6 heteroatoms. The first-order valence-electron chi connectivity index (χ1n) is 43.7. The molecule has 22 aromatic rings. The van der Waals surface area contributed by atoms with Crippen molar-refractivity contribution in [2.24, 2.45) is 7.05 Å². The number of para-hydroxylation sites is 7. The molecular formula is C120H85N5O. The first-order chi connectivity index (χ1) is 62.2. The van der Waals surface area contributed by atoms with Gasteiger partial charge >= 0.3 is 0 Å². The third-order valence-corrected chi connectivity index (χ3v) is 27.0. The maximum absolute atomic E-state index is 6.84. The lowest BCUT2D eigenvalue weighted by atomic mass is 9.62. The lowest BCUT2D eigenvalue weighted by Gasteiger charge is -2.47. The van der Waals surface area contributed by atoms with Gasteiger partial charge in [0, 0.05) is 91.0 Å². The molecule has 19 aromatic carbocycles. The topological polar surface area (TPSA) is 32.7 Å². The van der Waals surface area contributed by atoms with Crippen LogP contribution in [0.25, 0.3) is 105 Å². The second-order valence-corrected chi connectivity index (χ2v) is 33.9. The number of fused-ring (bicyclic) bond motifs is 17. The maximum atomic E-state index is 6.84. The van der Waals surface area contributed by atoms with Crippen molar-refractivity contribution in [3.63, 3.8) is 0 Å². The van der Waals surface area contributed by atoms with Crippen LogP contribution in [0.4, 0.5) is 51.2 Å². The van der Waals surface area contributed by atoms with Gasteiger partial charge in [0.05, 0.1) is 50.1 Å². The summed E-state index contributed by atoms with van der Waals surface area (Å²) in [5.41, 5.74) is 39.4. The highest BCUT2D eigenvalue weighted by Gasteiger charge is 2.50. The molecule has 6 nitrogen and oxygen atoms in total. The van der Waals surface area contributed by atoms with Crippen LogP contribution in [-0.2, 0) is 24.3 Å². The van der Waals surface area contributed by atoms with E-state index < -0.39 is 10.8 Å². The SMILES string of the molecule is Cc1ccc2c(c1)N(c1ccc(-c3ccc4c(c3)c3ccccc3n4-c3ccccc3)cc1)c1cc(C)ccc1C2(c1ccccc1)c1ccc2c(c1)c1ccc3c(c1n2C)Cc1ccccc1-3.c1ccc(-c2ccc(N(c3ccccc3)c3ccc(N4c5ccccc5C(c5ccccc5)(c5cccc6c5oc5ccccc56)c5ccccc54)cc3)cc2)cc1. The van der Waals surface area contributed by atoms with E-state index in [4.69, 9.17) is 4.42 Å². The van der Waals surface area contributed by atoms with Gasteiger partial charge in [-0.3, -0.25) is 0 Å². The molecule has 5 heterocycles. The average molecular weight is 1610 g/mol. The molecule has 0 atom stereocenters. The van der Waals surface area contributed by atoms with Crippen molar-refractivity contribution in [1.82, 2.24) is 9.13 Å². The fraction of sp³-hybridized carbons (Fsp3) is 0.0500. The van der Waals surface area contributed by atoms with E-state index in [1.54, 1.807) is 0 Å². The van der Waals surface area contributed by atoms with E-state index in [1.807, 2.05) is 6.07 Å². The highest BCUT2D eigenvalue weighted by atomic mass is 16.3. The summed E-state index contributed by atoms with van der Waals surface area (Å²) < 4.78 is 11.7. The molecule has 126 heavy (non-hydrogen) atoms. The zero-order chi connectivity index (χ0) is 83.7. The average Bonchev–Trinajstić information content (AvgIpc) is 1.06.